The van der Waals surface area contributed by atoms with Crippen LogP contribution in [0, 0.1) is 0 Å². The van der Waals surface area contributed by atoms with Gasteiger partial charge < -0.3 is 4.74 Å². The van der Waals surface area contributed by atoms with Gasteiger partial charge in [0.1, 0.15) is 4.34 Å². The molecule has 4 heteroatoms. The third-order valence-corrected chi connectivity index (χ3v) is 2.28. The summed E-state index contributed by atoms with van der Waals surface area (Å²) in [5, 5.41) is 0. The zero-order valence-corrected chi connectivity index (χ0v) is 10.1. The fourth-order valence-electron chi connectivity index (χ4n) is 0.595. The molecule has 0 unspecified atom stereocenters. The molecule has 0 aliphatic rings. The lowest BCUT2D eigenvalue weighted by Crippen LogP contribution is -2.02. The molecule has 2 nitrogen and oxygen atoms in total. The first-order chi connectivity index (χ1) is 6.20. The van der Waals surface area contributed by atoms with Crippen LogP contribution < -0.4 is 0 Å². The van der Waals surface area contributed by atoms with Crippen LogP contribution in [-0.4, -0.2) is 11.1 Å². The van der Waals surface area contributed by atoms with E-state index in [1.807, 2.05) is 27.7 Å². The molecule has 0 aliphatic carbocycles. The SMILES string of the molecule is CC.CC(C)OCc1ncsc1Cl. The van der Waals surface area contributed by atoms with Gasteiger partial charge in [-0.3, -0.25) is 0 Å². The molecule has 0 aromatic carbocycles. The van der Waals surface area contributed by atoms with Crippen molar-refractivity contribution in [1.82, 2.24) is 4.98 Å². The predicted molar refractivity (Wildman–Crippen MR) is 58.4 cm³/mol. The molecule has 0 aliphatic heterocycles. The first kappa shape index (κ1) is 12.9. The van der Waals surface area contributed by atoms with Crippen LogP contribution >= 0.6 is 22.9 Å². The second-order valence-electron chi connectivity index (χ2n) is 2.43. The second kappa shape index (κ2) is 7.30. The van der Waals surface area contributed by atoms with Crippen molar-refractivity contribution in [2.75, 3.05) is 0 Å². The fourth-order valence-corrected chi connectivity index (χ4v) is 1.34. The van der Waals surface area contributed by atoms with Crippen LogP contribution in [0.1, 0.15) is 33.4 Å². The van der Waals surface area contributed by atoms with Gasteiger partial charge in [-0.25, -0.2) is 4.98 Å². The molecule has 1 aromatic heterocycles. The molecule has 0 bridgehead atoms. The van der Waals surface area contributed by atoms with Crippen LogP contribution in [0.2, 0.25) is 4.34 Å². The molecule has 0 N–H and O–H groups in total. The van der Waals surface area contributed by atoms with Gasteiger partial charge in [-0.2, -0.15) is 0 Å². The third-order valence-electron chi connectivity index (χ3n) is 1.14. The van der Waals surface area contributed by atoms with Gasteiger partial charge in [-0.1, -0.05) is 25.4 Å². The number of halogens is 1. The zero-order chi connectivity index (χ0) is 10.3. The number of hydrogen-bond donors (Lipinski definition) is 0. The summed E-state index contributed by atoms with van der Waals surface area (Å²) in [6.45, 7) is 8.49. The Morgan fingerprint density at radius 3 is 2.54 bits per heavy atom. The number of ether oxygens (including phenoxy) is 1. The van der Waals surface area contributed by atoms with Crippen molar-refractivity contribution in [3.63, 3.8) is 0 Å². The summed E-state index contributed by atoms with van der Waals surface area (Å²) in [4.78, 5) is 4.05. The minimum absolute atomic E-state index is 0.229. The van der Waals surface area contributed by atoms with Crippen molar-refractivity contribution >= 4 is 22.9 Å². The molecule has 0 saturated heterocycles. The largest absolute Gasteiger partial charge is 0.372 e. The Balaban J connectivity index is 0.000000671. The van der Waals surface area contributed by atoms with E-state index in [4.69, 9.17) is 16.3 Å². The van der Waals surface area contributed by atoms with Crippen LogP contribution in [0.25, 0.3) is 0 Å². The summed E-state index contributed by atoms with van der Waals surface area (Å²) in [5.41, 5.74) is 2.56. The van der Waals surface area contributed by atoms with Crippen molar-refractivity contribution in [1.29, 1.82) is 0 Å². The summed E-state index contributed by atoms with van der Waals surface area (Å²) >= 11 is 7.23. The van der Waals surface area contributed by atoms with Gasteiger partial charge in [0.2, 0.25) is 0 Å². The molecule has 0 atom stereocenters. The van der Waals surface area contributed by atoms with Crippen molar-refractivity contribution in [3.8, 4) is 0 Å². The predicted octanol–water partition coefficient (Wildman–Crippen LogP) is 3.75. The van der Waals surface area contributed by atoms with E-state index in [9.17, 15) is 0 Å². The Morgan fingerprint density at radius 1 is 1.54 bits per heavy atom. The van der Waals surface area contributed by atoms with Gasteiger partial charge in [0.25, 0.3) is 0 Å². The number of rotatable bonds is 3. The minimum Gasteiger partial charge on any atom is -0.372 e. The number of aromatic nitrogens is 1. The Hall–Kier alpha value is -0.120. The highest BCUT2D eigenvalue weighted by atomic mass is 35.5. The van der Waals surface area contributed by atoms with Crippen molar-refractivity contribution in [2.45, 2.75) is 40.4 Å². The van der Waals surface area contributed by atoms with Crippen LogP contribution in [-0.2, 0) is 11.3 Å². The van der Waals surface area contributed by atoms with Gasteiger partial charge in [-0.15, -0.1) is 11.3 Å². The molecule has 1 aromatic rings. The fraction of sp³-hybridized carbons (Fsp3) is 0.667. The van der Waals surface area contributed by atoms with Crippen molar-refractivity contribution < 1.29 is 4.74 Å². The molecular formula is C9H16ClNOS. The van der Waals surface area contributed by atoms with E-state index in [1.54, 1.807) is 5.51 Å². The summed E-state index contributed by atoms with van der Waals surface area (Å²) in [5.74, 6) is 0. The summed E-state index contributed by atoms with van der Waals surface area (Å²) in [7, 11) is 0. The first-order valence-corrected chi connectivity index (χ1v) is 5.65. The van der Waals surface area contributed by atoms with Gasteiger partial charge in [-0.05, 0) is 13.8 Å². The highest BCUT2D eigenvalue weighted by Crippen LogP contribution is 2.20. The highest BCUT2D eigenvalue weighted by Gasteiger charge is 2.03. The van der Waals surface area contributed by atoms with E-state index in [2.05, 4.69) is 4.98 Å². The topological polar surface area (TPSA) is 22.1 Å². The molecule has 0 saturated carbocycles. The van der Waals surface area contributed by atoms with E-state index < -0.39 is 0 Å². The highest BCUT2D eigenvalue weighted by molar-refractivity contribution is 7.14. The normalized spacial score (nSPS) is 9.69. The van der Waals surface area contributed by atoms with E-state index in [0.717, 1.165) is 10.0 Å². The zero-order valence-electron chi connectivity index (χ0n) is 8.50. The van der Waals surface area contributed by atoms with Crippen LogP contribution in [0.3, 0.4) is 0 Å². The lowest BCUT2D eigenvalue weighted by molar-refractivity contribution is 0.0639. The van der Waals surface area contributed by atoms with Gasteiger partial charge in [0, 0.05) is 0 Å². The van der Waals surface area contributed by atoms with Crippen LogP contribution in [0.15, 0.2) is 5.51 Å². The van der Waals surface area contributed by atoms with Crippen molar-refractivity contribution in [2.24, 2.45) is 0 Å². The molecule has 0 amide bonds. The molecule has 0 fully saturated rings. The number of hydrogen-bond acceptors (Lipinski definition) is 3. The quantitative estimate of drug-likeness (QED) is 0.776. The molecule has 0 spiro atoms. The Labute approximate surface area is 88.9 Å². The van der Waals surface area contributed by atoms with Gasteiger partial charge in [0.05, 0.1) is 23.9 Å². The Bertz CT molecular complexity index is 225. The van der Waals surface area contributed by atoms with Crippen molar-refractivity contribution in [3.05, 3.63) is 15.5 Å². The Kier molecular flexibility index (Phi) is 7.23. The van der Waals surface area contributed by atoms with Crippen LogP contribution in [0.5, 0.6) is 0 Å². The monoisotopic (exact) mass is 221 g/mol. The van der Waals surface area contributed by atoms with E-state index >= 15 is 0 Å². The molecule has 1 rings (SSSR count). The maximum Gasteiger partial charge on any atom is 0.118 e. The minimum atomic E-state index is 0.229. The molecule has 13 heavy (non-hydrogen) atoms. The maximum absolute atomic E-state index is 5.80. The molecular weight excluding hydrogens is 206 g/mol. The smallest absolute Gasteiger partial charge is 0.118 e. The lowest BCUT2D eigenvalue weighted by atomic mass is 10.4. The average Bonchev–Trinajstić information content (AvgIpc) is 2.51. The number of thiazole rings is 1. The first-order valence-electron chi connectivity index (χ1n) is 4.39. The summed E-state index contributed by atoms with van der Waals surface area (Å²) in [6.07, 6.45) is 0.229. The summed E-state index contributed by atoms with van der Waals surface area (Å²) < 4.78 is 6.05. The molecule has 76 valence electrons. The third kappa shape index (κ3) is 5.24. The second-order valence-corrected chi connectivity index (χ2v) is 3.89. The van der Waals surface area contributed by atoms with E-state index in [0.29, 0.717) is 6.61 Å². The molecule has 1 heterocycles. The maximum atomic E-state index is 5.80. The summed E-state index contributed by atoms with van der Waals surface area (Å²) in [6, 6.07) is 0. The number of nitrogens with zero attached hydrogens (tertiary/aromatic N) is 1. The van der Waals surface area contributed by atoms with E-state index in [1.165, 1.54) is 11.3 Å². The van der Waals surface area contributed by atoms with Crippen LogP contribution in [0.4, 0.5) is 0 Å². The Morgan fingerprint density at radius 2 is 2.15 bits per heavy atom. The van der Waals surface area contributed by atoms with Gasteiger partial charge in [0.15, 0.2) is 0 Å². The standard InChI is InChI=1S/C7H10ClNOS.C2H6/c1-5(2)10-3-6-7(8)11-4-9-6;1-2/h4-5H,3H2,1-2H3;1-2H3. The van der Waals surface area contributed by atoms with E-state index in [-0.39, 0.29) is 6.10 Å². The average molecular weight is 222 g/mol. The lowest BCUT2D eigenvalue weighted by Gasteiger charge is -2.04. The molecule has 0 radical (unpaired) electrons. The van der Waals surface area contributed by atoms with Gasteiger partial charge >= 0.3 is 0 Å².